The number of halogens is 1. The highest BCUT2D eigenvalue weighted by molar-refractivity contribution is 6.30. The van der Waals surface area contributed by atoms with Crippen LogP contribution < -0.4 is 0 Å². The molecule has 0 radical (unpaired) electrons. The molecule has 1 heterocycles. The Labute approximate surface area is 107 Å². The molecule has 2 rings (SSSR count). The zero-order valence-corrected chi connectivity index (χ0v) is 11.1. The van der Waals surface area contributed by atoms with E-state index in [2.05, 4.69) is 11.9 Å². The molecule has 1 aliphatic rings. The lowest BCUT2D eigenvalue weighted by Gasteiger charge is -2.33. The molecule has 0 bridgehead atoms. The fourth-order valence-corrected chi connectivity index (χ4v) is 2.64. The van der Waals surface area contributed by atoms with Crippen molar-refractivity contribution in [3.8, 4) is 0 Å². The summed E-state index contributed by atoms with van der Waals surface area (Å²) in [5, 5.41) is 0.582. The second-order valence-electron chi connectivity index (χ2n) is 5.06. The van der Waals surface area contributed by atoms with Gasteiger partial charge in [-0.05, 0) is 37.7 Å². The van der Waals surface area contributed by atoms with Gasteiger partial charge in [-0.3, -0.25) is 4.79 Å². The van der Waals surface area contributed by atoms with Crippen molar-refractivity contribution in [3.63, 3.8) is 0 Å². The lowest BCUT2D eigenvalue weighted by molar-refractivity contribution is 0.0674. The molecule has 17 heavy (non-hydrogen) atoms. The quantitative estimate of drug-likeness (QED) is 0.864. The van der Waals surface area contributed by atoms with Crippen molar-refractivity contribution in [1.82, 2.24) is 9.88 Å². The summed E-state index contributed by atoms with van der Waals surface area (Å²) in [4.78, 5) is 16.9. The third-order valence-electron chi connectivity index (χ3n) is 3.73. The second-order valence-corrected chi connectivity index (χ2v) is 5.50. The maximum absolute atomic E-state index is 12.2. The molecule has 1 saturated carbocycles. The fourth-order valence-electron chi connectivity index (χ4n) is 2.48. The summed E-state index contributed by atoms with van der Waals surface area (Å²) in [6.07, 6.45) is 6.29. The van der Waals surface area contributed by atoms with Crippen LogP contribution in [0, 0.1) is 5.92 Å². The average Bonchev–Trinajstić information content (AvgIpc) is 2.75. The molecule has 1 amide bonds. The van der Waals surface area contributed by atoms with E-state index in [1.165, 1.54) is 12.8 Å². The van der Waals surface area contributed by atoms with Crippen LogP contribution in [0.25, 0.3) is 0 Å². The third-order valence-corrected chi connectivity index (χ3v) is 3.95. The van der Waals surface area contributed by atoms with Crippen LogP contribution in [0.15, 0.2) is 12.3 Å². The number of nitrogens with zero attached hydrogens (tertiary/aromatic N) is 1. The minimum absolute atomic E-state index is 0.0384. The van der Waals surface area contributed by atoms with E-state index in [-0.39, 0.29) is 5.91 Å². The van der Waals surface area contributed by atoms with Crippen molar-refractivity contribution >= 4 is 17.5 Å². The second kappa shape index (κ2) is 5.13. The zero-order chi connectivity index (χ0) is 12.4. The summed E-state index contributed by atoms with van der Waals surface area (Å²) in [5.41, 5.74) is 0.580. The number of aromatic nitrogens is 1. The highest BCUT2D eigenvalue weighted by atomic mass is 35.5. The Bertz CT molecular complexity index is 394. The summed E-state index contributed by atoms with van der Waals surface area (Å²) >= 11 is 5.81. The van der Waals surface area contributed by atoms with Crippen LogP contribution in [0.5, 0.6) is 0 Å². The predicted molar refractivity (Wildman–Crippen MR) is 69.3 cm³/mol. The topological polar surface area (TPSA) is 36.1 Å². The summed E-state index contributed by atoms with van der Waals surface area (Å²) in [6.45, 7) is 2.28. The molecule has 1 N–H and O–H groups in total. The first-order valence-electron chi connectivity index (χ1n) is 6.19. The van der Waals surface area contributed by atoms with Crippen molar-refractivity contribution in [2.75, 3.05) is 7.05 Å². The summed E-state index contributed by atoms with van der Waals surface area (Å²) < 4.78 is 0. The molecule has 0 spiro atoms. The minimum atomic E-state index is 0.0384. The van der Waals surface area contributed by atoms with Crippen LogP contribution in [0.3, 0.4) is 0 Å². The summed E-state index contributed by atoms with van der Waals surface area (Å²) in [5.74, 6) is 0.839. The van der Waals surface area contributed by atoms with Gasteiger partial charge in [0.15, 0.2) is 0 Å². The Morgan fingerprint density at radius 3 is 2.59 bits per heavy atom. The number of carbonyl (C=O) groups excluding carboxylic acids is 1. The predicted octanol–water partition coefficient (Wildman–Crippen LogP) is 3.32. The summed E-state index contributed by atoms with van der Waals surface area (Å²) in [6, 6.07) is 2.06. The normalized spacial score (nSPS) is 24.6. The first-order chi connectivity index (χ1) is 8.08. The van der Waals surface area contributed by atoms with Gasteiger partial charge in [0.25, 0.3) is 5.91 Å². The van der Waals surface area contributed by atoms with Gasteiger partial charge in [0.2, 0.25) is 0 Å². The van der Waals surface area contributed by atoms with Gasteiger partial charge in [-0.25, -0.2) is 0 Å². The van der Waals surface area contributed by atoms with E-state index in [1.54, 1.807) is 12.3 Å². The molecular formula is C13H19ClN2O. The van der Waals surface area contributed by atoms with Gasteiger partial charge in [-0.15, -0.1) is 0 Å². The maximum Gasteiger partial charge on any atom is 0.270 e. The van der Waals surface area contributed by atoms with Gasteiger partial charge < -0.3 is 9.88 Å². The molecule has 1 aromatic rings. The van der Waals surface area contributed by atoms with E-state index in [0.717, 1.165) is 18.8 Å². The van der Waals surface area contributed by atoms with Crippen molar-refractivity contribution < 1.29 is 4.79 Å². The third kappa shape index (κ3) is 2.83. The van der Waals surface area contributed by atoms with Gasteiger partial charge in [-0.1, -0.05) is 18.5 Å². The number of hydrogen-bond donors (Lipinski definition) is 1. The van der Waals surface area contributed by atoms with E-state index in [9.17, 15) is 4.79 Å². The molecule has 3 nitrogen and oxygen atoms in total. The van der Waals surface area contributed by atoms with Crippen molar-refractivity contribution in [2.24, 2.45) is 5.92 Å². The Morgan fingerprint density at radius 1 is 1.41 bits per heavy atom. The van der Waals surface area contributed by atoms with Gasteiger partial charge >= 0.3 is 0 Å². The Kier molecular flexibility index (Phi) is 3.77. The maximum atomic E-state index is 12.2. The average molecular weight is 255 g/mol. The Morgan fingerprint density at radius 2 is 2.06 bits per heavy atom. The number of hydrogen-bond acceptors (Lipinski definition) is 1. The van der Waals surface area contributed by atoms with Crippen LogP contribution >= 0.6 is 11.6 Å². The number of H-pyrrole nitrogens is 1. The molecule has 94 valence electrons. The SMILES string of the molecule is CC1CCC(N(C)C(=O)c2cc(Cl)c[nH]2)CC1. The Balaban J connectivity index is 2.00. The lowest BCUT2D eigenvalue weighted by atomic mass is 9.86. The molecule has 0 aliphatic heterocycles. The van der Waals surface area contributed by atoms with Crippen LogP contribution in [-0.4, -0.2) is 28.9 Å². The molecule has 1 aromatic heterocycles. The lowest BCUT2D eigenvalue weighted by Crippen LogP contribution is -2.39. The van der Waals surface area contributed by atoms with Crippen molar-refractivity contribution in [2.45, 2.75) is 38.6 Å². The number of nitrogens with one attached hydrogen (secondary N) is 1. The standard InChI is InChI=1S/C13H19ClN2O/c1-9-3-5-11(6-4-9)16(2)13(17)12-7-10(14)8-15-12/h7-9,11,15H,3-6H2,1-2H3. The van der Waals surface area contributed by atoms with E-state index in [1.807, 2.05) is 11.9 Å². The van der Waals surface area contributed by atoms with E-state index >= 15 is 0 Å². The van der Waals surface area contributed by atoms with E-state index in [0.29, 0.717) is 16.8 Å². The minimum Gasteiger partial charge on any atom is -0.356 e. The number of rotatable bonds is 2. The van der Waals surface area contributed by atoms with Crippen LogP contribution in [0.2, 0.25) is 5.02 Å². The van der Waals surface area contributed by atoms with E-state index in [4.69, 9.17) is 11.6 Å². The smallest absolute Gasteiger partial charge is 0.270 e. The van der Waals surface area contributed by atoms with Crippen molar-refractivity contribution in [3.05, 3.63) is 23.0 Å². The number of carbonyl (C=O) groups is 1. The fraction of sp³-hybridized carbons (Fsp3) is 0.615. The molecule has 0 saturated heterocycles. The number of amides is 1. The Hall–Kier alpha value is -0.960. The molecule has 4 heteroatoms. The number of aromatic amines is 1. The van der Waals surface area contributed by atoms with E-state index < -0.39 is 0 Å². The monoisotopic (exact) mass is 254 g/mol. The van der Waals surface area contributed by atoms with Crippen molar-refractivity contribution in [1.29, 1.82) is 0 Å². The van der Waals surface area contributed by atoms with Crippen LogP contribution in [0.1, 0.15) is 43.1 Å². The highest BCUT2D eigenvalue weighted by Crippen LogP contribution is 2.27. The van der Waals surface area contributed by atoms with Gasteiger partial charge in [0.05, 0.1) is 5.02 Å². The zero-order valence-electron chi connectivity index (χ0n) is 10.4. The van der Waals surface area contributed by atoms with Gasteiger partial charge in [0.1, 0.15) is 5.69 Å². The first-order valence-corrected chi connectivity index (χ1v) is 6.57. The van der Waals surface area contributed by atoms with Crippen LogP contribution in [-0.2, 0) is 0 Å². The molecule has 1 fully saturated rings. The first kappa shape index (κ1) is 12.5. The summed E-state index contributed by atoms with van der Waals surface area (Å²) in [7, 11) is 1.89. The van der Waals surface area contributed by atoms with Gasteiger partial charge in [0, 0.05) is 19.3 Å². The van der Waals surface area contributed by atoms with Gasteiger partial charge in [-0.2, -0.15) is 0 Å². The molecule has 0 aromatic carbocycles. The molecular weight excluding hydrogens is 236 g/mol. The van der Waals surface area contributed by atoms with Crippen LogP contribution in [0.4, 0.5) is 0 Å². The largest absolute Gasteiger partial charge is 0.356 e. The highest BCUT2D eigenvalue weighted by Gasteiger charge is 2.25. The molecule has 1 aliphatic carbocycles. The molecule has 0 atom stereocenters. The molecule has 0 unspecified atom stereocenters.